The summed E-state index contributed by atoms with van der Waals surface area (Å²) in [5, 5.41) is 0. The molecule has 0 saturated carbocycles. The fourth-order valence-corrected chi connectivity index (χ4v) is 1.14. The Hall–Kier alpha value is -1.29. The second-order valence-corrected chi connectivity index (χ2v) is 2.44. The molecular weight excluding hydrogens is 134 g/mol. The van der Waals surface area contributed by atoms with E-state index in [0.717, 1.165) is 6.42 Å². The third-order valence-corrected chi connectivity index (χ3v) is 1.75. The second-order valence-electron chi connectivity index (χ2n) is 2.44. The van der Waals surface area contributed by atoms with E-state index in [-0.39, 0.29) is 0 Å². The van der Waals surface area contributed by atoms with Gasteiger partial charge in [0.2, 0.25) is 6.54 Å². The molecule has 0 bridgehead atoms. The molecule has 0 aliphatic rings. The number of nitrogens with zero attached hydrogens (tertiary/aromatic N) is 1. The smallest absolute Gasteiger partial charge is 0.240 e. The third kappa shape index (κ3) is 1.81. The molecule has 0 aliphatic carbocycles. The van der Waals surface area contributed by atoms with Crippen LogP contribution in [-0.2, 0) is 13.0 Å². The van der Waals surface area contributed by atoms with Crippen molar-refractivity contribution in [2.75, 3.05) is 0 Å². The van der Waals surface area contributed by atoms with Crippen LogP contribution in [0.5, 0.6) is 0 Å². The summed E-state index contributed by atoms with van der Waals surface area (Å²) in [6.07, 6.45) is 1.02. The van der Waals surface area contributed by atoms with Crippen LogP contribution in [0.25, 0.3) is 4.85 Å². The van der Waals surface area contributed by atoms with Gasteiger partial charge in [0.1, 0.15) is 0 Å². The normalized spacial score (nSPS) is 9.09. The van der Waals surface area contributed by atoms with Gasteiger partial charge >= 0.3 is 0 Å². The lowest BCUT2D eigenvalue weighted by Crippen LogP contribution is -1.88. The Kier molecular flexibility index (Phi) is 2.68. The van der Waals surface area contributed by atoms with Gasteiger partial charge < -0.3 is 4.85 Å². The molecule has 11 heavy (non-hydrogen) atoms. The summed E-state index contributed by atoms with van der Waals surface area (Å²) in [6, 6.07) is 8.11. The van der Waals surface area contributed by atoms with Gasteiger partial charge in [0.05, 0.1) is 0 Å². The molecule has 1 nitrogen and oxygen atoms in total. The predicted octanol–water partition coefficient (Wildman–Crippen LogP) is 2.67. The van der Waals surface area contributed by atoms with Crippen molar-refractivity contribution in [1.82, 2.24) is 0 Å². The number of hydrogen-bond donors (Lipinski definition) is 0. The topological polar surface area (TPSA) is 4.36 Å². The van der Waals surface area contributed by atoms with Crippen molar-refractivity contribution in [1.29, 1.82) is 0 Å². The quantitative estimate of drug-likeness (QED) is 0.563. The zero-order valence-corrected chi connectivity index (χ0v) is 6.67. The van der Waals surface area contributed by atoms with Crippen LogP contribution < -0.4 is 0 Å². The van der Waals surface area contributed by atoms with E-state index in [1.165, 1.54) is 11.1 Å². The molecule has 0 aromatic heterocycles. The molecule has 0 radical (unpaired) electrons. The Morgan fingerprint density at radius 2 is 1.91 bits per heavy atom. The lowest BCUT2D eigenvalue weighted by atomic mass is 10.1. The fraction of sp³-hybridized carbons (Fsp3) is 0.300. The van der Waals surface area contributed by atoms with Gasteiger partial charge in [0.25, 0.3) is 0 Å². The van der Waals surface area contributed by atoms with Gasteiger partial charge in [-0.3, -0.25) is 0 Å². The maximum atomic E-state index is 6.74. The van der Waals surface area contributed by atoms with Crippen LogP contribution in [0.2, 0.25) is 0 Å². The van der Waals surface area contributed by atoms with Crippen molar-refractivity contribution in [3.05, 3.63) is 46.8 Å². The molecule has 0 unspecified atom stereocenters. The number of rotatable bonds is 2. The average molecular weight is 145 g/mol. The first-order valence-corrected chi connectivity index (χ1v) is 3.78. The minimum atomic E-state index is 0.518. The van der Waals surface area contributed by atoms with Crippen molar-refractivity contribution >= 4 is 0 Å². The lowest BCUT2D eigenvalue weighted by molar-refractivity contribution is 1.08. The zero-order valence-electron chi connectivity index (χ0n) is 6.67. The second kappa shape index (κ2) is 3.78. The Bertz CT molecular complexity index is 270. The number of hydrogen-bond acceptors (Lipinski definition) is 0. The molecule has 0 heterocycles. The van der Waals surface area contributed by atoms with Crippen LogP contribution in [-0.4, -0.2) is 0 Å². The highest BCUT2D eigenvalue weighted by Gasteiger charge is 1.99. The Morgan fingerprint density at radius 3 is 2.45 bits per heavy atom. The molecule has 0 amide bonds. The molecule has 1 rings (SSSR count). The van der Waals surface area contributed by atoms with Crippen molar-refractivity contribution < 1.29 is 0 Å². The van der Waals surface area contributed by atoms with E-state index in [0.29, 0.717) is 6.54 Å². The maximum absolute atomic E-state index is 6.74. The van der Waals surface area contributed by atoms with Crippen LogP contribution >= 0.6 is 0 Å². The van der Waals surface area contributed by atoms with Crippen LogP contribution in [0.15, 0.2) is 24.3 Å². The van der Waals surface area contributed by atoms with Gasteiger partial charge in [-0.1, -0.05) is 31.2 Å². The number of benzene rings is 1. The summed E-state index contributed by atoms with van der Waals surface area (Å²) in [5.74, 6) is 0. The molecule has 1 aromatic carbocycles. The van der Waals surface area contributed by atoms with Crippen molar-refractivity contribution in [3.8, 4) is 0 Å². The standard InChI is InChI=1S/C10H11N/c1-3-9-6-4-5-7-10(9)8-11-2/h4-7H,3,8H2,1H3. The predicted molar refractivity (Wildman–Crippen MR) is 46.1 cm³/mol. The molecule has 1 heteroatoms. The van der Waals surface area contributed by atoms with Crippen LogP contribution in [0.4, 0.5) is 0 Å². The molecule has 0 atom stereocenters. The molecular formula is C10H11N. The van der Waals surface area contributed by atoms with E-state index in [2.05, 4.69) is 17.8 Å². The average Bonchev–Trinajstić information content (AvgIpc) is 2.06. The van der Waals surface area contributed by atoms with Crippen LogP contribution in [0.1, 0.15) is 18.1 Å². The van der Waals surface area contributed by atoms with Crippen molar-refractivity contribution in [2.45, 2.75) is 19.9 Å². The third-order valence-electron chi connectivity index (χ3n) is 1.75. The summed E-state index contributed by atoms with van der Waals surface area (Å²) < 4.78 is 0. The summed E-state index contributed by atoms with van der Waals surface area (Å²) in [6.45, 7) is 9.37. The number of aryl methyl sites for hydroxylation is 1. The molecule has 56 valence electrons. The van der Waals surface area contributed by atoms with Gasteiger partial charge in [-0.25, -0.2) is 6.57 Å². The van der Waals surface area contributed by atoms with E-state index in [4.69, 9.17) is 6.57 Å². The van der Waals surface area contributed by atoms with Gasteiger partial charge in [0.15, 0.2) is 0 Å². The molecule has 0 fully saturated rings. The highest BCUT2D eigenvalue weighted by atomic mass is 14.6. The minimum absolute atomic E-state index is 0.518. The first kappa shape index (κ1) is 7.81. The van der Waals surface area contributed by atoms with Gasteiger partial charge in [0, 0.05) is 5.56 Å². The summed E-state index contributed by atoms with van der Waals surface area (Å²) in [5.41, 5.74) is 2.47. The molecule has 0 aliphatic heterocycles. The zero-order chi connectivity index (χ0) is 8.10. The summed E-state index contributed by atoms with van der Waals surface area (Å²) in [4.78, 5) is 3.36. The Balaban J connectivity index is 2.94. The molecule has 0 N–H and O–H groups in total. The molecule has 1 aromatic rings. The highest BCUT2D eigenvalue weighted by molar-refractivity contribution is 5.27. The minimum Gasteiger partial charge on any atom is -0.312 e. The first-order valence-electron chi connectivity index (χ1n) is 3.78. The van der Waals surface area contributed by atoms with E-state index in [9.17, 15) is 0 Å². The summed E-state index contributed by atoms with van der Waals surface area (Å²) in [7, 11) is 0. The van der Waals surface area contributed by atoms with E-state index in [1.54, 1.807) is 0 Å². The monoisotopic (exact) mass is 145 g/mol. The SMILES string of the molecule is [C-]#[N+]Cc1ccccc1CC. The van der Waals surface area contributed by atoms with Crippen molar-refractivity contribution in [2.24, 2.45) is 0 Å². The fourth-order valence-electron chi connectivity index (χ4n) is 1.14. The van der Waals surface area contributed by atoms with E-state index in [1.807, 2.05) is 18.2 Å². The largest absolute Gasteiger partial charge is 0.312 e. The van der Waals surface area contributed by atoms with Gasteiger partial charge in [-0.05, 0) is 12.0 Å². The highest BCUT2D eigenvalue weighted by Crippen LogP contribution is 2.09. The lowest BCUT2D eigenvalue weighted by Gasteiger charge is -1.99. The van der Waals surface area contributed by atoms with Crippen LogP contribution in [0, 0.1) is 6.57 Å². The van der Waals surface area contributed by atoms with Crippen molar-refractivity contribution in [3.63, 3.8) is 0 Å². The molecule has 0 saturated heterocycles. The van der Waals surface area contributed by atoms with Gasteiger partial charge in [-0.15, -0.1) is 0 Å². The molecule has 0 spiro atoms. The van der Waals surface area contributed by atoms with E-state index >= 15 is 0 Å². The Morgan fingerprint density at radius 1 is 1.27 bits per heavy atom. The maximum Gasteiger partial charge on any atom is 0.240 e. The van der Waals surface area contributed by atoms with E-state index < -0.39 is 0 Å². The summed E-state index contributed by atoms with van der Waals surface area (Å²) >= 11 is 0. The first-order chi connectivity index (χ1) is 5.38. The Labute approximate surface area is 67.5 Å². The van der Waals surface area contributed by atoms with Gasteiger partial charge in [-0.2, -0.15) is 0 Å². The van der Waals surface area contributed by atoms with Crippen LogP contribution in [0.3, 0.4) is 0 Å².